The van der Waals surface area contributed by atoms with Crippen LogP contribution in [0, 0.1) is 5.41 Å². The second kappa shape index (κ2) is 15.8. The number of aliphatic carboxylic acids is 2. The number of rotatable bonds is 11. The topological polar surface area (TPSA) is 99.1 Å². The van der Waals surface area contributed by atoms with Crippen molar-refractivity contribution in [3.63, 3.8) is 0 Å². The molecule has 1 aromatic carbocycles. The largest absolute Gasteiger partial charge is 0.494 e. The van der Waals surface area contributed by atoms with Gasteiger partial charge in [-0.25, -0.2) is 9.59 Å². The monoisotopic (exact) mass is 516 g/mol. The van der Waals surface area contributed by atoms with Gasteiger partial charge in [-0.3, -0.25) is 0 Å². The summed E-state index contributed by atoms with van der Waals surface area (Å²) in [5.74, 6) is -2.65. The Morgan fingerprint density at radius 3 is 2.30 bits per heavy atom. The van der Waals surface area contributed by atoms with Gasteiger partial charge in [0.15, 0.2) is 0 Å². The van der Waals surface area contributed by atoms with Crippen molar-refractivity contribution in [2.45, 2.75) is 98.1 Å². The number of ether oxygens (including phenoxy) is 1. The van der Waals surface area contributed by atoms with Crippen LogP contribution in [-0.2, 0) is 16.1 Å². The Bertz CT molecular complexity index is 860. The molecule has 0 saturated carbocycles. The molecule has 7 heteroatoms. The molecule has 3 rings (SSSR count). The summed E-state index contributed by atoms with van der Waals surface area (Å²) in [5.41, 5.74) is 5.09. The van der Waals surface area contributed by atoms with Gasteiger partial charge in [-0.2, -0.15) is 0 Å². The Hall–Kier alpha value is -2.38. The van der Waals surface area contributed by atoms with Gasteiger partial charge in [0.2, 0.25) is 0 Å². The van der Waals surface area contributed by atoms with Crippen LogP contribution in [0.25, 0.3) is 0 Å². The van der Waals surface area contributed by atoms with Crippen molar-refractivity contribution in [1.29, 1.82) is 0 Å². The van der Waals surface area contributed by atoms with Gasteiger partial charge in [0, 0.05) is 19.1 Å². The average molecular weight is 517 g/mol. The molecule has 1 atom stereocenters. The third kappa shape index (κ3) is 11.7. The molecule has 7 nitrogen and oxygen atoms in total. The fraction of sp³-hybridized carbons (Fsp3) is 0.667. The minimum Gasteiger partial charge on any atom is -0.494 e. The van der Waals surface area contributed by atoms with Crippen molar-refractivity contribution >= 4 is 11.9 Å². The summed E-state index contributed by atoms with van der Waals surface area (Å²) in [5, 5.41) is 18.5. The number of nitrogens with one attached hydrogen (secondary N) is 1. The second-order valence-corrected chi connectivity index (χ2v) is 11.2. The molecule has 1 heterocycles. The smallest absolute Gasteiger partial charge is 0.414 e. The summed E-state index contributed by atoms with van der Waals surface area (Å²) in [6.07, 6.45) is 11.7. The van der Waals surface area contributed by atoms with Crippen LogP contribution in [0.5, 0.6) is 5.75 Å². The maximum absolute atomic E-state index is 9.10. The Balaban J connectivity index is 0.000000717. The van der Waals surface area contributed by atoms with E-state index in [1.54, 1.807) is 11.1 Å². The van der Waals surface area contributed by atoms with E-state index in [4.69, 9.17) is 24.5 Å². The lowest BCUT2D eigenvalue weighted by Gasteiger charge is -2.35. The molecule has 1 saturated heterocycles. The van der Waals surface area contributed by atoms with Crippen LogP contribution < -0.4 is 10.1 Å². The van der Waals surface area contributed by atoms with E-state index in [0.29, 0.717) is 11.5 Å². The fourth-order valence-electron chi connectivity index (χ4n) is 5.35. The van der Waals surface area contributed by atoms with Gasteiger partial charge in [0.05, 0.1) is 6.61 Å². The van der Waals surface area contributed by atoms with Gasteiger partial charge in [-0.1, -0.05) is 43.5 Å². The number of likely N-dealkylation sites (tertiary alicyclic amines) is 1. The lowest BCUT2D eigenvalue weighted by Crippen LogP contribution is -2.31. The molecule has 0 radical (unpaired) electrons. The van der Waals surface area contributed by atoms with Gasteiger partial charge in [-0.15, -0.1) is 0 Å². The van der Waals surface area contributed by atoms with Gasteiger partial charge < -0.3 is 25.2 Å². The number of nitrogens with zero attached hydrogens (tertiary/aromatic N) is 1. The molecule has 1 aliphatic carbocycles. The molecule has 0 amide bonds. The summed E-state index contributed by atoms with van der Waals surface area (Å²) in [7, 11) is 0. The number of carboxylic acid groups (broad SMARTS) is 2. The molecular weight excluding hydrogens is 468 g/mol. The summed E-state index contributed by atoms with van der Waals surface area (Å²) < 4.78 is 5.96. The molecule has 1 aliphatic heterocycles. The van der Waals surface area contributed by atoms with Crippen LogP contribution in [-0.4, -0.2) is 59.3 Å². The van der Waals surface area contributed by atoms with Crippen LogP contribution in [0.2, 0.25) is 0 Å². The Morgan fingerprint density at radius 2 is 1.70 bits per heavy atom. The number of piperidine rings is 1. The fourth-order valence-corrected chi connectivity index (χ4v) is 5.35. The van der Waals surface area contributed by atoms with Crippen LogP contribution in [0.1, 0.15) is 91.0 Å². The number of allylic oxidation sites excluding steroid dienone is 2. The van der Waals surface area contributed by atoms with Gasteiger partial charge in [0.1, 0.15) is 5.75 Å². The number of hydrogen-bond donors (Lipinski definition) is 3. The maximum Gasteiger partial charge on any atom is 0.414 e. The zero-order chi connectivity index (χ0) is 27.3. The van der Waals surface area contributed by atoms with Crippen molar-refractivity contribution in [3.8, 4) is 5.75 Å². The van der Waals surface area contributed by atoms with E-state index in [-0.39, 0.29) is 0 Å². The number of carboxylic acids is 2. The number of benzene rings is 1. The zero-order valence-corrected chi connectivity index (χ0v) is 23.4. The molecule has 0 aromatic heterocycles. The molecular formula is C30H48N2O5. The first-order chi connectivity index (χ1) is 17.6. The third-order valence-electron chi connectivity index (χ3n) is 7.61. The second-order valence-electron chi connectivity index (χ2n) is 11.2. The molecule has 3 N–H and O–H groups in total. The minimum absolute atomic E-state index is 0.395. The van der Waals surface area contributed by atoms with Crippen LogP contribution in [0.15, 0.2) is 35.4 Å². The molecule has 0 spiro atoms. The minimum atomic E-state index is -1.82. The average Bonchev–Trinajstić information content (AvgIpc) is 2.86. The van der Waals surface area contributed by atoms with Gasteiger partial charge in [0.25, 0.3) is 0 Å². The molecule has 1 aromatic rings. The Labute approximate surface area is 223 Å². The van der Waals surface area contributed by atoms with E-state index in [9.17, 15) is 0 Å². The Morgan fingerprint density at radius 1 is 1.05 bits per heavy atom. The van der Waals surface area contributed by atoms with E-state index in [2.05, 4.69) is 62.2 Å². The summed E-state index contributed by atoms with van der Waals surface area (Å²) in [6.45, 7) is 15.0. The van der Waals surface area contributed by atoms with Crippen molar-refractivity contribution in [2.24, 2.45) is 5.41 Å². The summed E-state index contributed by atoms with van der Waals surface area (Å²) >= 11 is 0. The van der Waals surface area contributed by atoms with E-state index >= 15 is 0 Å². The Kier molecular flexibility index (Phi) is 13.1. The van der Waals surface area contributed by atoms with Crippen LogP contribution >= 0.6 is 0 Å². The molecule has 0 bridgehead atoms. The molecule has 37 heavy (non-hydrogen) atoms. The molecule has 1 fully saturated rings. The normalized spacial score (nSPS) is 18.5. The SMILES string of the molecule is CC1=C(CCC(C)NCc2ccc(OCCCN3CCCCC3)cc2)C(C)(C)CCC1.O=C(O)C(=O)O. The quantitative estimate of drug-likeness (QED) is 0.192. The first-order valence-electron chi connectivity index (χ1n) is 13.9. The molecule has 208 valence electrons. The van der Waals surface area contributed by atoms with E-state index < -0.39 is 11.9 Å². The lowest BCUT2D eigenvalue weighted by molar-refractivity contribution is -0.159. The highest BCUT2D eigenvalue weighted by Crippen LogP contribution is 2.42. The van der Waals surface area contributed by atoms with Crippen LogP contribution in [0.4, 0.5) is 0 Å². The van der Waals surface area contributed by atoms with E-state index in [0.717, 1.165) is 25.3 Å². The molecule has 1 unspecified atom stereocenters. The highest BCUT2D eigenvalue weighted by Gasteiger charge is 2.28. The predicted octanol–water partition coefficient (Wildman–Crippen LogP) is 5.88. The summed E-state index contributed by atoms with van der Waals surface area (Å²) in [6, 6.07) is 9.19. The molecule has 2 aliphatic rings. The van der Waals surface area contributed by atoms with E-state index in [1.165, 1.54) is 76.6 Å². The first kappa shape index (κ1) is 30.8. The lowest BCUT2D eigenvalue weighted by atomic mass is 9.71. The van der Waals surface area contributed by atoms with Crippen molar-refractivity contribution in [3.05, 3.63) is 41.0 Å². The van der Waals surface area contributed by atoms with Crippen LogP contribution in [0.3, 0.4) is 0 Å². The van der Waals surface area contributed by atoms with Crippen molar-refractivity contribution < 1.29 is 24.5 Å². The van der Waals surface area contributed by atoms with Crippen molar-refractivity contribution in [2.75, 3.05) is 26.2 Å². The van der Waals surface area contributed by atoms with Gasteiger partial charge in [-0.05, 0) is 101 Å². The highest BCUT2D eigenvalue weighted by atomic mass is 16.5. The van der Waals surface area contributed by atoms with Gasteiger partial charge >= 0.3 is 11.9 Å². The van der Waals surface area contributed by atoms with E-state index in [1.807, 2.05) is 0 Å². The zero-order valence-electron chi connectivity index (χ0n) is 23.4. The predicted molar refractivity (Wildman–Crippen MR) is 148 cm³/mol. The summed E-state index contributed by atoms with van der Waals surface area (Å²) in [4.78, 5) is 20.8. The first-order valence-corrected chi connectivity index (χ1v) is 13.9. The maximum atomic E-state index is 9.10. The number of hydrogen-bond acceptors (Lipinski definition) is 5. The number of carbonyl (C=O) groups is 2. The van der Waals surface area contributed by atoms with Crippen molar-refractivity contribution in [1.82, 2.24) is 10.2 Å². The highest BCUT2D eigenvalue weighted by molar-refractivity contribution is 6.27. The third-order valence-corrected chi connectivity index (χ3v) is 7.61. The standard InChI is InChI=1S/C28H46N2O.C2H2O4/c1-23-10-8-17-28(3,4)27(23)16-11-24(2)29-22-25-12-14-26(15-13-25)31-21-9-20-30-18-6-5-7-19-30;3-1(4)2(5)6/h12-15,24,29H,5-11,16-22H2,1-4H3;(H,3,4)(H,5,6).